The van der Waals surface area contributed by atoms with E-state index >= 15 is 0 Å². The van der Waals surface area contributed by atoms with E-state index in [1.807, 2.05) is 42.5 Å². The lowest BCUT2D eigenvalue weighted by molar-refractivity contribution is 0.0962. The molecule has 0 aliphatic heterocycles. The highest BCUT2D eigenvalue weighted by molar-refractivity contribution is 5.96. The van der Waals surface area contributed by atoms with Crippen molar-refractivity contribution in [2.45, 2.75) is 0 Å². The number of fused-ring (bicyclic) bond motifs is 1. The summed E-state index contributed by atoms with van der Waals surface area (Å²) in [5.41, 5.74) is 6.86. The zero-order valence-corrected chi connectivity index (χ0v) is 11.1. The fourth-order valence-electron chi connectivity index (χ4n) is 1.88. The molecule has 1 aromatic heterocycles. The van der Waals surface area contributed by atoms with Crippen molar-refractivity contribution in [3.63, 3.8) is 0 Å². The molecule has 6 heteroatoms. The molecule has 0 aliphatic carbocycles. The standard InChI is InChI=1S/C15H12N4O.H2O/c20-15(11-6-2-1-3-7-11)19-18-14-12-8-4-5-9-13(12)16-10-17-14;/h1-10H,(H,19,20)(H,16,17,18);1H2. The Morgan fingerprint density at radius 3 is 2.43 bits per heavy atom. The second-order valence-electron chi connectivity index (χ2n) is 4.18. The zero-order chi connectivity index (χ0) is 13.8. The lowest BCUT2D eigenvalue weighted by Crippen LogP contribution is -2.29. The Kier molecular flexibility index (Phi) is 4.43. The van der Waals surface area contributed by atoms with Crippen LogP contribution in [-0.2, 0) is 0 Å². The number of carbonyl (C=O) groups is 1. The fraction of sp³-hybridized carbons (Fsp3) is 0. The average Bonchev–Trinajstić information content (AvgIpc) is 2.53. The summed E-state index contributed by atoms with van der Waals surface area (Å²) in [6.45, 7) is 0. The van der Waals surface area contributed by atoms with Crippen LogP contribution in [0.4, 0.5) is 5.82 Å². The van der Waals surface area contributed by atoms with Crippen LogP contribution in [0.25, 0.3) is 10.9 Å². The number of nitrogens with zero attached hydrogens (tertiary/aromatic N) is 2. The number of benzene rings is 2. The van der Waals surface area contributed by atoms with Gasteiger partial charge < -0.3 is 5.48 Å². The maximum atomic E-state index is 11.9. The Morgan fingerprint density at radius 1 is 0.905 bits per heavy atom. The molecule has 1 amide bonds. The van der Waals surface area contributed by atoms with Crippen molar-refractivity contribution in [3.05, 3.63) is 66.5 Å². The van der Waals surface area contributed by atoms with Crippen LogP contribution in [0.3, 0.4) is 0 Å². The highest BCUT2D eigenvalue weighted by Gasteiger charge is 2.06. The number of aromatic nitrogens is 2. The van der Waals surface area contributed by atoms with Crippen molar-refractivity contribution in [2.24, 2.45) is 0 Å². The number of hydrogen-bond acceptors (Lipinski definition) is 4. The molecule has 3 aromatic rings. The van der Waals surface area contributed by atoms with Gasteiger partial charge in [0.2, 0.25) is 0 Å². The molecular formula is C15H14N4O2. The first kappa shape index (κ1) is 14.4. The van der Waals surface area contributed by atoms with E-state index < -0.39 is 0 Å². The number of hydrogen-bond donors (Lipinski definition) is 2. The third kappa shape index (κ3) is 3.13. The van der Waals surface area contributed by atoms with E-state index in [1.54, 1.807) is 12.1 Å². The SMILES string of the molecule is O.O=C(NNc1ncnc2ccccc12)c1ccccc1. The van der Waals surface area contributed by atoms with Gasteiger partial charge in [0.1, 0.15) is 6.33 Å². The quantitative estimate of drug-likeness (QED) is 0.712. The van der Waals surface area contributed by atoms with E-state index in [-0.39, 0.29) is 11.4 Å². The summed E-state index contributed by atoms with van der Waals surface area (Å²) < 4.78 is 0. The number of hydrazine groups is 1. The summed E-state index contributed by atoms with van der Waals surface area (Å²) in [5, 5.41) is 0.850. The van der Waals surface area contributed by atoms with Gasteiger partial charge in [0.15, 0.2) is 5.82 Å². The van der Waals surface area contributed by atoms with Gasteiger partial charge in [0.25, 0.3) is 5.91 Å². The molecule has 0 spiro atoms. The summed E-state index contributed by atoms with van der Waals surface area (Å²) in [5.74, 6) is 0.355. The van der Waals surface area contributed by atoms with Crippen LogP contribution >= 0.6 is 0 Å². The van der Waals surface area contributed by atoms with Crippen molar-refractivity contribution in [1.82, 2.24) is 15.4 Å². The molecule has 6 nitrogen and oxygen atoms in total. The highest BCUT2D eigenvalue weighted by Crippen LogP contribution is 2.17. The molecule has 1 heterocycles. The molecule has 0 atom stereocenters. The first-order valence-corrected chi connectivity index (χ1v) is 6.16. The number of rotatable bonds is 3. The molecule has 0 bridgehead atoms. The van der Waals surface area contributed by atoms with E-state index in [2.05, 4.69) is 20.8 Å². The molecule has 0 radical (unpaired) electrons. The predicted octanol–water partition coefficient (Wildman–Crippen LogP) is 1.56. The summed E-state index contributed by atoms with van der Waals surface area (Å²) in [7, 11) is 0. The molecule has 21 heavy (non-hydrogen) atoms. The van der Waals surface area contributed by atoms with Crippen molar-refractivity contribution in [2.75, 3.05) is 5.43 Å². The van der Waals surface area contributed by atoms with Crippen molar-refractivity contribution in [1.29, 1.82) is 0 Å². The van der Waals surface area contributed by atoms with Gasteiger partial charge in [-0.3, -0.25) is 15.6 Å². The fourth-order valence-corrected chi connectivity index (χ4v) is 1.88. The van der Waals surface area contributed by atoms with Gasteiger partial charge in [-0.25, -0.2) is 9.97 Å². The zero-order valence-electron chi connectivity index (χ0n) is 11.1. The van der Waals surface area contributed by atoms with E-state index in [1.165, 1.54) is 6.33 Å². The summed E-state index contributed by atoms with van der Waals surface area (Å²) in [6.07, 6.45) is 1.46. The van der Waals surface area contributed by atoms with Gasteiger partial charge in [-0.05, 0) is 24.3 Å². The molecular weight excluding hydrogens is 268 g/mol. The molecule has 4 N–H and O–H groups in total. The third-order valence-electron chi connectivity index (χ3n) is 2.87. The topological polar surface area (TPSA) is 98.4 Å². The van der Waals surface area contributed by atoms with Gasteiger partial charge in [-0.2, -0.15) is 0 Å². The van der Waals surface area contributed by atoms with Crippen LogP contribution < -0.4 is 10.9 Å². The number of anilines is 1. The molecule has 0 unspecified atom stereocenters. The van der Waals surface area contributed by atoms with E-state index in [4.69, 9.17) is 0 Å². The lowest BCUT2D eigenvalue weighted by Gasteiger charge is -2.09. The largest absolute Gasteiger partial charge is 0.412 e. The Labute approximate surface area is 121 Å². The van der Waals surface area contributed by atoms with Crippen molar-refractivity contribution >= 4 is 22.6 Å². The molecule has 106 valence electrons. The minimum atomic E-state index is -0.215. The van der Waals surface area contributed by atoms with Gasteiger partial charge in [0, 0.05) is 10.9 Å². The number of amides is 1. The Balaban J connectivity index is 0.00000161. The Bertz CT molecular complexity index is 742. The minimum absolute atomic E-state index is 0. The van der Waals surface area contributed by atoms with Crippen LogP contribution in [0.2, 0.25) is 0 Å². The highest BCUT2D eigenvalue weighted by atomic mass is 16.2. The minimum Gasteiger partial charge on any atom is -0.412 e. The molecule has 0 fully saturated rings. The third-order valence-corrected chi connectivity index (χ3v) is 2.87. The second-order valence-corrected chi connectivity index (χ2v) is 4.18. The Hall–Kier alpha value is -2.99. The summed E-state index contributed by atoms with van der Waals surface area (Å²) in [6, 6.07) is 16.6. The van der Waals surface area contributed by atoms with Gasteiger partial charge in [-0.1, -0.05) is 30.3 Å². The molecule has 3 rings (SSSR count). The van der Waals surface area contributed by atoms with Crippen molar-refractivity contribution in [3.8, 4) is 0 Å². The molecule has 0 saturated carbocycles. The van der Waals surface area contributed by atoms with Gasteiger partial charge in [0.05, 0.1) is 5.52 Å². The molecule has 2 aromatic carbocycles. The Morgan fingerprint density at radius 2 is 1.62 bits per heavy atom. The van der Waals surface area contributed by atoms with Crippen molar-refractivity contribution < 1.29 is 10.3 Å². The monoisotopic (exact) mass is 282 g/mol. The smallest absolute Gasteiger partial charge is 0.269 e. The van der Waals surface area contributed by atoms with Crippen LogP contribution in [0.5, 0.6) is 0 Å². The lowest BCUT2D eigenvalue weighted by atomic mass is 10.2. The normalized spacial score (nSPS) is 9.71. The number of carbonyl (C=O) groups excluding carboxylic acids is 1. The number of nitrogens with one attached hydrogen (secondary N) is 2. The number of para-hydroxylation sites is 1. The molecule has 0 saturated heterocycles. The summed E-state index contributed by atoms with van der Waals surface area (Å²) >= 11 is 0. The van der Waals surface area contributed by atoms with Crippen LogP contribution in [0, 0.1) is 0 Å². The summed E-state index contributed by atoms with van der Waals surface area (Å²) in [4.78, 5) is 20.2. The van der Waals surface area contributed by atoms with Crippen LogP contribution in [0.1, 0.15) is 10.4 Å². The predicted molar refractivity (Wildman–Crippen MR) is 80.7 cm³/mol. The second kappa shape index (κ2) is 6.44. The van der Waals surface area contributed by atoms with Gasteiger partial charge in [-0.15, -0.1) is 0 Å². The van der Waals surface area contributed by atoms with E-state index in [0.717, 1.165) is 10.9 Å². The molecule has 0 aliphatic rings. The average molecular weight is 282 g/mol. The first-order valence-electron chi connectivity index (χ1n) is 6.16. The van der Waals surface area contributed by atoms with Gasteiger partial charge >= 0.3 is 0 Å². The van der Waals surface area contributed by atoms with Crippen LogP contribution in [-0.4, -0.2) is 21.4 Å². The maximum absolute atomic E-state index is 11.9. The van der Waals surface area contributed by atoms with E-state index in [9.17, 15) is 4.79 Å². The first-order chi connectivity index (χ1) is 9.84. The van der Waals surface area contributed by atoms with E-state index in [0.29, 0.717) is 11.4 Å². The maximum Gasteiger partial charge on any atom is 0.269 e. The van der Waals surface area contributed by atoms with Crippen LogP contribution in [0.15, 0.2) is 60.9 Å².